The molecule has 3 heterocycles. The molecule has 0 spiro atoms. The van der Waals surface area contributed by atoms with Crippen molar-refractivity contribution in [3.63, 3.8) is 0 Å². The van der Waals surface area contributed by atoms with Crippen LogP contribution in [0.4, 0.5) is 0 Å². The number of hydrogen-bond acceptors (Lipinski definition) is 4. The zero-order valence-corrected chi connectivity index (χ0v) is 22.3. The second-order valence-electron chi connectivity index (χ2n) is 10.4. The molecule has 1 aliphatic carbocycles. The van der Waals surface area contributed by atoms with Crippen LogP contribution in [0.15, 0.2) is 90.1 Å². The molecule has 196 valence electrons. The second kappa shape index (κ2) is 10.6. The number of benzene rings is 2. The van der Waals surface area contributed by atoms with Gasteiger partial charge in [0.25, 0.3) is 5.56 Å². The Morgan fingerprint density at radius 2 is 1.79 bits per heavy atom. The van der Waals surface area contributed by atoms with Crippen LogP contribution in [0.3, 0.4) is 0 Å². The van der Waals surface area contributed by atoms with E-state index >= 15 is 0 Å². The zero-order valence-electron chi connectivity index (χ0n) is 21.6. The molecule has 0 saturated heterocycles. The predicted octanol–water partition coefficient (Wildman–Crippen LogP) is 6.31. The van der Waals surface area contributed by atoms with E-state index in [0.717, 1.165) is 46.4 Å². The van der Waals surface area contributed by atoms with Gasteiger partial charge in [-0.25, -0.2) is 0 Å². The van der Waals surface area contributed by atoms with Crippen LogP contribution in [0.1, 0.15) is 42.6 Å². The number of H-pyrrole nitrogens is 1. The van der Waals surface area contributed by atoms with Gasteiger partial charge in [-0.05, 0) is 72.9 Å². The van der Waals surface area contributed by atoms with Gasteiger partial charge in [-0.1, -0.05) is 54.1 Å². The fourth-order valence-corrected chi connectivity index (χ4v) is 5.51. The number of aromatic nitrogens is 4. The summed E-state index contributed by atoms with van der Waals surface area (Å²) in [4.78, 5) is 39.0. The van der Waals surface area contributed by atoms with Crippen LogP contribution >= 0.6 is 11.6 Å². The van der Waals surface area contributed by atoms with Gasteiger partial charge in [0.2, 0.25) is 0 Å². The van der Waals surface area contributed by atoms with Gasteiger partial charge < -0.3 is 4.98 Å². The summed E-state index contributed by atoms with van der Waals surface area (Å²) >= 11 is 6.09. The van der Waals surface area contributed by atoms with Crippen molar-refractivity contribution < 1.29 is 4.79 Å². The van der Waals surface area contributed by atoms with E-state index in [9.17, 15) is 9.59 Å². The smallest absolute Gasteiger partial charge is 0.273 e. The second-order valence-corrected chi connectivity index (χ2v) is 10.9. The number of hydrogen-bond donors (Lipinski definition) is 1. The summed E-state index contributed by atoms with van der Waals surface area (Å²) in [6.45, 7) is 0.0166. The SMILES string of the molecule is O=C(CCc1cc2cnccc2[nH]1)Cn1c(-c2ccccc2)cnc(CCC2(c3ccc(Cl)cc3)CC2)c1=O. The minimum atomic E-state index is -0.187. The van der Waals surface area contributed by atoms with Gasteiger partial charge in [0.05, 0.1) is 18.4 Å². The lowest BCUT2D eigenvalue weighted by atomic mass is 9.90. The summed E-state index contributed by atoms with van der Waals surface area (Å²) < 4.78 is 1.61. The predicted molar refractivity (Wildman–Crippen MR) is 154 cm³/mol. The van der Waals surface area contributed by atoms with Gasteiger partial charge in [0, 0.05) is 40.4 Å². The number of halogens is 1. The molecule has 1 saturated carbocycles. The number of aromatic amines is 1. The Kier molecular flexibility index (Phi) is 6.88. The lowest BCUT2D eigenvalue weighted by Crippen LogP contribution is -2.30. The van der Waals surface area contributed by atoms with E-state index in [1.54, 1.807) is 23.2 Å². The third-order valence-corrected chi connectivity index (χ3v) is 8.08. The largest absolute Gasteiger partial charge is 0.358 e. The van der Waals surface area contributed by atoms with Crippen LogP contribution in [-0.2, 0) is 29.6 Å². The summed E-state index contributed by atoms with van der Waals surface area (Å²) in [6.07, 6.45) is 9.78. The van der Waals surface area contributed by atoms with Crippen LogP contribution in [0.2, 0.25) is 5.02 Å². The summed E-state index contributed by atoms with van der Waals surface area (Å²) in [6, 6.07) is 21.6. The summed E-state index contributed by atoms with van der Waals surface area (Å²) in [5.41, 5.74) is 5.16. The number of carbonyl (C=O) groups is 1. The molecule has 3 aromatic heterocycles. The Hall–Kier alpha value is -4.03. The molecule has 2 aromatic carbocycles. The number of ketones is 1. The van der Waals surface area contributed by atoms with Crippen LogP contribution in [0.5, 0.6) is 0 Å². The first-order valence-electron chi connectivity index (χ1n) is 13.3. The maximum Gasteiger partial charge on any atom is 0.273 e. The molecule has 0 unspecified atom stereocenters. The number of aryl methyl sites for hydroxylation is 2. The number of fused-ring (bicyclic) bond motifs is 1. The molecule has 0 bridgehead atoms. The first-order valence-corrected chi connectivity index (χ1v) is 13.7. The molecule has 7 heteroatoms. The van der Waals surface area contributed by atoms with Crippen molar-refractivity contribution in [2.45, 2.75) is 50.5 Å². The topological polar surface area (TPSA) is 80.6 Å². The normalized spacial score (nSPS) is 14.0. The molecule has 0 atom stereocenters. The molecule has 39 heavy (non-hydrogen) atoms. The Morgan fingerprint density at radius 1 is 1.00 bits per heavy atom. The third kappa shape index (κ3) is 5.43. The molecule has 1 fully saturated rings. The highest BCUT2D eigenvalue weighted by atomic mass is 35.5. The minimum Gasteiger partial charge on any atom is -0.358 e. The van der Waals surface area contributed by atoms with Gasteiger partial charge in [0.1, 0.15) is 5.69 Å². The lowest BCUT2D eigenvalue weighted by molar-refractivity contribution is -0.119. The molecule has 1 aliphatic rings. The van der Waals surface area contributed by atoms with Crippen molar-refractivity contribution in [3.05, 3.63) is 118 Å². The first kappa shape index (κ1) is 25.3. The van der Waals surface area contributed by atoms with Gasteiger partial charge in [-0.15, -0.1) is 0 Å². The van der Waals surface area contributed by atoms with Crippen molar-refractivity contribution in [2.24, 2.45) is 0 Å². The molecular weight excluding hydrogens is 508 g/mol. The number of pyridine rings is 1. The van der Waals surface area contributed by atoms with Gasteiger partial charge in [-0.2, -0.15) is 0 Å². The highest BCUT2D eigenvalue weighted by molar-refractivity contribution is 6.30. The van der Waals surface area contributed by atoms with Gasteiger partial charge in [-0.3, -0.25) is 24.1 Å². The fourth-order valence-electron chi connectivity index (χ4n) is 5.39. The van der Waals surface area contributed by atoms with E-state index in [2.05, 4.69) is 27.1 Å². The molecule has 0 radical (unpaired) electrons. The van der Waals surface area contributed by atoms with E-state index in [1.165, 1.54) is 5.56 Å². The van der Waals surface area contributed by atoms with Crippen molar-refractivity contribution in [1.29, 1.82) is 0 Å². The van der Waals surface area contributed by atoms with Gasteiger partial charge >= 0.3 is 0 Å². The van der Waals surface area contributed by atoms with Crippen molar-refractivity contribution in [2.75, 3.05) is 0 Å². The van der Waals surface area contributed by atoms with Crippen molar-refractivity contribution in [3.8, 4) is 11.3 Å². The Bertz CT molecular complexity index is 1650. The maximum atomic E-state index is 13.7. The van der Waals surface area contributed by atoms with Crippen LogP contribution < -0.4 is 5.56 Å². The zero-order chi connectivity index (χ0) is 26.8. The summed E-state index contributed by atoms with van der Waals surface area (Å²) in [5, 5.41) is 1.75. The lowest BCUT2D eigenvalue weighted by Gasteiger charge is -2.17. The fraction of sp³-hybridized carbons (Fsp3) is 0.250. The molecular formula is C32H29ClN4O2. The van der Waals surface area contributed by atoms with E-state index in [1.807, 2.05) is 54.6 Å². The van der Waals surface area contributed by atoms with Crippen LogP contribution in [-0.4, -0.2) is 25.3 Å². The average Bonchev–Trinajstić information content (AvgIpc) is 3.63. The molecule has 6 rings (SSSR count). The van der Waals surface area contributed by atoms with Crippen molar-refractivity contribution >= 4 is 28.3 Å². The summed E-state index contributed by atoms with van der Waals surface area (Å²) in [7, 11) is 0. The number of nitrogens with zero attached hydrogens (tertiary/aromatic N) is 3. The average molecular weight is 537 g/mol. The summed E-state index contributed by atoms with van der Waals surface area (Å²) in [5.74, 6) is 0.00281. The Labute approximate surface area is 231 Å². The molecule has 6 nitrogen and oxygen atoms in total. The minimum absolute atomic E-state index is 0.00281. The quantitative estimate of drug-likeness (QED) is 0.227. The van der Waals surface area contributed by atoms with Crippen LogP contribution in [0.25, 0.3) is 22.2 Å². The Morgan fingerprint density at radius 3 is 2.54 bits per heavy atom. The standard InChI is InChI=1S/C32H29ClN4O2/c33-25-8-6-24(7-9-25)32(15-16-32)14-12-29-31(39)37(30(20-35-29)22-4-2-1-3-5-22)21-27(38)11-10-26-18-23-19-34-17-13-28(23)36-26/h1-9,13,17-20,36H,10-12,14-16,21H2. The third-order valence-electron chi connectivity index (χ3n) is 7.83. The number of nitrogens with one attached hydrogen (secondary N) is 1. The molecule has 1 N–H and O–H groups in total. The molecule has 5 aromatic rings. The number of carbonyl (C=O) groups excluding carboxylic acids is 1. The van der Waals surface area contributed by atoms with E-state index in [4.69, 9.17) is 11.6 Å². The van der Waals surface area contributed by atoms with Crippen LogP contribution in [0, 0.1) is 0 Å². The van der Waals surface area contributed by atoms with Gasteiger partial charge in [0.15, 0.2) is 5.78 Å². The molecule has 0 aliphatic heterocycles. The van der Waals surface area contributed by atoms with E-state index < -0.39 is 0 Å². The first-order chi connectivity index (χ1) is 19.0. The highest BCUT2D eigenvalue weighted by Gasteiger charge is 2.43. The Balaban J connectivity index is 1.22. The number of Topliss-reactive ketones (excluding diaryl/α,β-unsaturated/α-hetero) is 1. The number of rotatable bonds is 10. The van der Waals surface area contributed by atoms with Crippen molar-refractivity contribution in [1.82, 2.24) is 19.5 Å². The molecule has 0 amide bonds. The van der Waals surface area contributed by atoms with E-state index in [0.29, 0.717) is 30.7 Å². The van der Waals surface area contributed by atoms with E-state index in [-0.39, 0.29) is 23.3 Å². The highest BCUT2D eigenvalue weighted by Crippen LogP contribution is 2.51. The monoisotopic (exact) mass is 536 g/mol. The maximum absolute atomic E-state index is 13.7.